The van der Waals surface area contributed by atoms with Gasteiger partial charge in [0.2, 0.25) is 5.91 Å². The summed E-state index contributed by atoms with van der Waals surface area (Å²) in [6.45, 7) is 4.95. The minimum absolute atomic E-state index is 0.162. The standard InChI is InChI=1S/C12H20N2OS/c1-7(2)10(11(13)16)12(15)14-6-8-3-4-9(14)5-8/h7-10H,3-6H2,1-2H3,(H2,13,16). The molecule has 0 aromatic heterocycles. The molecule has 2 rings (SSSR count). The molecule has 90 valence electrons. The van der Waals surface area contributed by atoms with E-state index >= 15 is 0 Å². The minimum atomic E-state index is -0.269. The molecule has 2 aliphatic rings. The second-order valence-corrected chi connectivity index (χ2v) is 5.92. The molecule has 0 aromatic carbocycles. The molecule has 1 heterocycles. The van der Waals surface area contributed by atoms with Gasteiger partial charge in [-0.2, -0.15) is 0 Å². The molecule has 0 spiro atoms. The van der Waals surface area contributed by atoms with Gasteiger partial charge in [-0.3, -0.25) is 4.79 Å². The molecule has 0 radical (unpaired) electrons. The molecule has 2 fully saturated rings. The Morgan fingerprint density at radius 2 is 2.12 bits per heavy atom. The van der Waals surface area contributed by atoms with Gasteiger partial charge >= 0.3 is 0 Å². The van der Waals surface area contributed by atoms with Gasteiger partial charge in [0.15, 0.2) is 0 Å². The first-order valence-corrected chi connectivity index (χ1v) is 6.51. The van der Waals surface area contributed by atoms with Crippen LogP contribution < -0.4 is 5.73 Å². The van der Waals surface area contributed by atoms with E-state index in [4.69, 9.17) is 18.0 Å². The molecule has 4 heteroatoms. The summed E-state index contributed by atoms with van der Waals surface area (Å²) in [4.78, 5) is 14.8. The normalized spacial score (nSPS) is 29.8. The number of hydrogen-bond acceptors (Lipinski definition) is 2. The van der Waals surface area contributed by atoms with Crippen molar-refractivity contribution in [2.75, 3.05) is 6.54 Å². The third-order valence-electron chi connectivity index (χ3n) is 3.93. The van der Waals surface area contributed by atoms with Gasteiger partial charge in [-0.1, -0.05) is 26.1 Å². The number of rotatable bonds is 3. The summed E-state index contributed by atoms with van der Waals surface area (Å²) in [6.07, 6.45) is 3.64. The summed E-state index contributed by atoms with van der Waals surface area (Å²) >= 11 is 5.02. The molecule has 1 saturated carbocycles. The molecule has 1 amide bonds. The van der Waals surface area contributed by atoms with Crippen LogP contribution in [0.15, 0.2) is 0 Å². The fraction of sp³-hybridized carbons (Fsp3) is 0.833. The fourth-order valence-electron chi connectivity index (χ4n) is 3.11. The molecule has 3 unspecified atom stereocenters. The Morgan fingerprint density at radius 3 is 2.50 bits per heavy atom. The van der Waals surface area contributed by atoms with Crippen LogP contribution in [0.1, 0.15) is 33.1 Å². The molecule has 16 heavy (non-hydrogen) atoms. The zero-order valence-electron chi connectivity index (χ0n) is 9.98. The Kier molecular flexibility index (Phi) is 3.19. The number of amides is 1. The van der Waals surface area contributed by atoms with Gasteiger partial charge in [-0.05, 0) is 31.1 Å². The van der Waals surface area contributed by atoms with Crippen molar-refractivity contribution in [3.8, 4) is 0 Å². The highest BCUT2D eigenvalue weighted by molar-refractivity contribution is 7.80. The van der Waals surface area contributed by atoms with E-state index in [9.17, 15) is 4.79 Å². The Bertz CT molecular complexity index is 316. The monoisotopic (exact) mass is 240 g/mol. The van der Waals surface area contributed by atoms with Gasteiger partial charge in [0, 0.05) is 12.6 Å². The number of nitrogens with two attached hydrogens (primary N) is 1. The molecular weight excluding hydrogens is 220 g/mol. The number of hydrogen-bond donors (Lipinski definition) is 1. The Morgan fingerprint density at radius 1 is 1.44 bits per heavy atom. The van der Waals surface area contributed by atoms with Gasteiger partial charge in [0.05, 0.1) is 10.9 Å². The van der Waals surface area contributed by atoms with Crippen molar-refractivity contribution in [2.45, 2.75) is 39.2 Å². The summed E-state index contributed by atoms with van der Waals surface area (Å²) in [5.41, 5.74) is 5.69. The van der Waals surface area contributed by atoms with E-state index in [0.717, 1.165) is 12.5 Å². The highest BCUT2D eigenvalue weighted by Gasteiger charge is 2.43. The number of carbonyl (C=O) groups is 1. The molecule has 2 N–H and O–H groups in total. The van der Waals surface area contributed by atoms with E-state index in [1.54, 1.807) is 0 Å². The zero-order chi connectivity index (χ0) is 11.9. The molecule has 2 bridgehead atoms. The van der Waals surface area contributed by atoms with E-state index in [-0.39, 0.29) is 17.7 Å². The van der Waals surface area contributed by atoms with Gasteiger partial charge in [0.25, 0.3) is 0 Å². The van der Waals surface area contributed by atoms with Crippen molar-refractivity contribution in [3.63, 3.8) is 0 Å². The van der Waals surface area contributed by atoms with Crippen LogP contribution >= 0.6 is 12.2 Å². The van der Waals surface area contributed by atoms with Crippen LogP contribution in [-0.4, -0.2) is 28.4 Å². The highest BCUT2D eigenvalue weighted by Crippen LogP contribution is 2.38. The zero-order valence-corrected chi connectivity index (χ0v) is 10.8. The lowest BCUT2D eigenvalue weighted by Gasteiger charge is -2.31. The Balaban J connectivity index is 2.09. The van der Waals surface area contributed by atoms with Crippen molar-refractivity contribution in [2.24, 2.45) is 23.5 Å². The van der Waals surface area contributed by atoms with Crippen LogP contribution in [-0.2, 0) is 4.79 Å². The highest BCUT2D eigenvalue weighted by atomic mass is 32.1. The molecule has 0 aromatic rings. The molecule has 1 saturated heterocycles. The van der Waals surface area contributed by atoms with Crippen LogP contribution in [0.25, 0.3) is 0 Å². The first kappa shape index (κ1) is 11.8. The first-order chi connectivity index (χ1) is 7.50. The van der Waals surface area contributed by atoms with Crippen molar-refractivity contribution < 1.29 is 4.79 Å². The van der Waals surface area contributed by atoms with E-state index < -0.39 is 0 Å². The number of fused-ring (bicyclic) bond motifs is 2. The lowest BCUT2D eigenvalue weighted by atomic mass is 9.93. The number of carbonyl (C=O) groups excluding carboxylic acids is 1. The van der Waals surface area contributed by atoms with Crippen LogP contribution in [0, 0.1) is 17.8 Å². The van der Waals surface area contributed by atoms with Crippen molar-refractivity contribution >= 4 is 23.1 Å². The van der Waals surface area contributed by atoms with Crippen LogP contribution in [0.4, 0.5) is 0 Å². The summed E-state index contributed by atoms with van der Waals surface area (Å²) < 4.78 is 0. The van der Waals surface area contributed by atoms with Gasteiger partial charge in [-0.15, -0.1) is 0 Å². The maximum Gasteiger partial charge on any atom is 0.233 e. The third kappa shape index (κ3) is 1.95. The largest absolute Gasteiger partial charge is 0.393 e. The predicted octanol–water partition coefficient (Wildman–Crippen LogP) is 1.56. The molecule has 3 nitrogen and oxygen atoms in total. The number of nitrogens with zero attached hydrogens (tertiary/aromatic N) is 1. The molecule has 1 aliphatic carbocycles. The van der Waals surface area contributed by atoms with Gasteiger partial charge in [0.1, 0.15) is 0 Å². The number of piperidine rings is 1. The maximum atomic E-state index is 12.4. The SMILES string of the molecule is CC(C)C(C(=O)N1CC2CCC1C2)C(N)=S. The van der Waals surface area contributed by atoms with E-state index in [0.29, 0.717) is 11.0 Å². The third-order valence-corrected chi connectivity index (χ3v) is 4.19. The summed E-state index contributed by atoms with van der Waals surface area (Å²) in [5, 5.41) is 0. The van der Waals surface area contributed by atoms with Crippen LogP contribution in [0.5, 0.6) is 0 Å². The van der Waals surface area contributed by atoms with E-state index in [2.05, 4.69) is 0 Å². The smallest absolute Gasteiger partial charge is 0.233 e. The van der Waals surface area contributed by atoms with Crippen LogP contribution in [0.2, 0.25) is 0 Å². The summed E-state index contributed by atoms with van der Waals surface area (Å²) in [7, 11) is 0. The number of thiocarbonyl (C=S) groups is 1. The van der Waals surface area contributed by atoms with Crippen molar-refractivity contribution in [3.05, 3.63) is 0 Å². The summed E-state index contributed by atoms with van der Waals surface area (Å²) in [6, 6.07) is 0.466. The van der Waals surface area contributed by atoms with Gasteiger partial charge < -0.3 is 10.6 Å². The lowest BCUT2D eigenvalue weighted by molar-refractivity contribution is -0.136. The first-order valence-electron chi connectivity index (χ1n) is 6.10. The van der Waals surface area contributed by atoms with Gasteiger partial charge in [-0.25, -0.2) is 0 Å². The Labute approximate surface area is 102 Å². The molecule has 1 aliphatic heterocycles. The number of likely N-dealkylation sites (tertiary alicyclic amines) is 1. The maximum absolute atomic E-state index is 12.4. The second-order valence-electron chi connectivity index (χ2n) is 5.45. The summed E-state index contributed by atoms with van der Waals surface area (Å²) in [5.74, 6) is 0.821. The van der Waals surface area contributed by atoms with Crippen molar-refractivity contribution in [1.82, 2.24) is 4.90 Å². The molecular formula is C12H20N2OS. The van der Waals surface area contributed by atoms with Crippen LogP contribution in [0.3, 0.4) is 0 Å². The van der Waals surface area contributed by atoms with E-state index in [1.807, 2.05) is 18.7 Å². The van der Waals surface area contributed by atoms with Crippen molar-refractivity contribution in [1.29, 1.82) is 0 Å². The predicted molar refractivity (Wildman–Crippen MR) is 68.0 cm³/mol. The van der Waals surface area contributed by atoms with E-state index in [1.165, 1.54) is 19.3 Å². The fourth-order valence-corrected chi connectivity index (χ4v) is 3.48. The second kappa shape index (κ2) is 4.32. The lowest BCUT2D eigenvalue weighted by Crippen LogP contribution is -2.46. The average molecular weight is 240 g/mol. The molecule has 3 atom stereocenters. The quantitative estimate of drug-likeness (QED) is 0.761. The average Bonchev–Trinajstić information content (AvgIpc) is 2.76. The minimum Gasteiger partial charge on any atom is -0.393 e. The topological polar surface area (TPSA) is 46.3 Å². The Hall–Kier alpha value is -0.640.